The molecule has 0 aliphatic carbocycles. The van der Waals surface area contributed by atoms with Gasteiger partial charge in [0.15, 0.2) is 0 Å². The molecule has 1 aliphatic heterocycles. The Balaban J connectivity index is 2.09. The molecule has 0 bridgehead atoms. The van der Waals surface area contributed by atoms with E-state index in [1.807, 2.05) is 0 Å². The van der Waals surface area contributed by atoms with Gasteiger partial charge in [-0.05, 0) is 36.8 Å². The molecule has 106 valence electrons. The molecular weight excluding hydrogens is 232 g/mol. The second kappa shape index (κ2) is 4.92. The Morgan fingerprint density at radius 2 is 1.79 bits per heavy atom. The van der Waals surface area contributed by atoms with Crippen LogP contribution in [0.2, 0.25) is 0 Å². The van der Waals surface area contributed by atoms with Crippen LogP contribution < -0.4 is 5.73 Å². The summed E-state index contributed by atoms with van der Waals surface area (Å²) in [4.78, 5) is 2.50. The van der Waals surface area contributed by atoms with Gasteiger partial charge in [0.05, 0.1) is 0 Å². The third-order valence-electron chi connectivity index (χ3n) is 4.63. The zero-order valence-corrected chi connectivity index (χ0v) is 13.0. The minimum atomic E-state index is 0.114. The maximum Gasteiger partial charge on any atom is 0.0308 e. The molecule has 2 N–H and O–H groups in total. The van der Waals surface area contributed by atoms with E-state index in [1.165, 1.54) is 11.1 Å². The van der Waals surface area contributed by atoms with E-state index < -0.39 is 0 Å². The van der Waals surface area contributed by atoms with E-state index in [9.17, 15) is 0 Å². The van der Waals surface area contributed by atoms with Gasteiger partial charge in [-0.25, -0.2) is 0 Å². The highest BCUT2D eigenvalue weighted by molar-refractivity contribution is 5.27. The van der Waals surface area contributed by atoms with Gasteiger partial charge in [0, 0.05) is 24.7 Å². The molecule has 1 aromatic carbocycles. The summed E-state index contributed by atoms with van der Waals surface area (Å²) in [5.74, 6) is 0. The van der Waals surface area contributed by atoms with Crippen LogP contribution in [0.1, 0.15) is 52.2 Å². The van der Waals surface area contributed by atoms with Crippen molar-refractivity contribution in [2.45, 2.75) is 64.6 Å². The Morgan fingerprint density at radius 3 is 2.21 bits per heavy atom. The molecule has 0 radical (unpaired) electrons. The molecule has 0 aromatic heterocycles. The smallest absolute Gasteiger partial charge is 0.0308 e. The van der Waals surface area contributed by atoms with Crippen LogP contribution in [-0.4, -0.2) is 23.0 Å². The van der Waals surface area contributed by atoms with Crippen LogP contribution in [0.3, 0.4) is 0 Å². The lowest BCUT2D eigenvalue weighted by molar-refractivity contribution is 0.154. The fourth-order valence-electron chi connectivity index (χ4n) is 2.78. The van der Waals surface area contributed by atoms with Crippen LogP contribution in [0.4, 0.5) is 0 Å². The number of hydrogen-bond donors (Lipinski definition) is 1. The summed E-state index contributed by atoms with van der Waals surface area (Å²) < 4.78 is 0. The summed E-state index contributed by atoms with van der Waals surface area (Å²) in [5.41, 5.74) is 9.32. The normalized spacial score (nSPS) is 23.8. The van der Waals surface area contributed by atoms with Crippen molar-refractivity contribution in [1.29, 1.82) is 0 Å². The number of likely N-dealkylation sites (tertiary alicyclic amines) is 1. The number of rotatable bonds is 2. The van der Waals surface area contributed by atoms with E-state index in [4.69, 9.17) is 5.73 Å². The fourth-order valence-corrected chi connectivity index (χ4v) is 2.78. The lowest BCUT2D eigenvalue weighted by atomic mass is 9.86. The quantitative estimate of drug-likeness (QED) is 0.884. The summed E-state index contributed by atoms with van der Waals surface area (Å²) in [6, 6.07) is 9.35. The van der Waals surface area contributed by atoms with Gasteiger partial charge in [0.1, 0.15) is 0 Å². The number of benzene rings is 1. The molecule has 0 spiro atoms. The fraction of sp³-hybridized carbons (Fsp3) is 0.647. The largest absolute Gasteiger partial charge is 0.326 e. The predicted molar refractivity (Wildman–Crippen MR) is 82.2 cm³/mol. The standard InChI is InChI=1S/C17H28N2/c1-16(2,3)14-8-6-13(7-9-14)12-19-11-10-15(18)17(19,4)5/h6-9,15H,10-12,18H2,1-5H3. The minimum Gasteiger partial charge on any atom is -0.326 e. The van der Waals surface area contributed by atoms with Crippen LogP contribution in [0, 0.1) is 0 Å². The van der Waals surface area contributed by atoms with Gasteiger partial charge in [-0.2, -0.15) is 0 Å². The molecule has 1 aromatic rings. The maximum atomic E-state index is 6.20. The first-order valence-electron chi connectivity index (χ1n) is 7.31. The lowest BCUT2D eigenvalue weighted by Crippen LogP contribution is -2.48. The van der Waals surface area contributed by atoms with Crippen LogP contribution in [0.5, 0.6) is 0 Å². The molecule has 2 rings (SSSR count). The van der Waals surface area contributed by atoms with Crippen LogP contribution >= 0.6 is 0 Å². The van der Waals surface area contributed by atoms with Crippen LogP contribution in [0.25, 0.3) is 0 Å². The van der Waals surface area contributed by atoms with Gasteiger partial charge in [-0.1, -0.05) is 45.0 Å². The highest BCUT2D eigenvalue weighted by atomic mass is 15.2. The van der Waals surface area contributed by atoms with Gasteiger partial charge >= 0.3 is 0 Å². The highest BCUT2D eigenvalue weighted by Gasteiger charge is 2.38. The SMILES string of the molecule is CC(C)(C)c1ccc(CN2CCC(N)C2(C)C)cc1. The number of nitrogens with two attached hydrogens (primary N) is 1. The molecule has 1 saturated heterocycles. The van der Waals surface area contributed by atoms with E-state index in [2.05, 4.69) is 63.8 Å². The van der Waals surface area contributed by atoms with Gasteiger partial charge < -0.3 is 5.73 Å². The molecule has 1 fully saturated rings. The first-order chi connectivity index (χ1) is 8.71. The van der Waals surface area contributed by atoms with Gasteiger partial charge in [-0.3, -0.25) is 4.90 Å². The van der Waals surface area contributed by atoms with E-state index in [-0.39, 0.29) is 11.0 Å². The molecule has 1 aliphatic rings. The first-order valence-corrected chi connectivity index (χ1v) is 7.31. The Kier molecular flexibility index (Phi) is 3.76. The molecule has 0 saturated carbocycles. The van der Waals surface area contributed by atoms with Crippen molar-refractivity contribution < 1.29 is 0 Å². The molecule has 2 nitrogen and oxygen atoms in total. The average molecular weight is 260 g/mol. The predicted octanol–water partition coefficient (Wildman–Crippen LogP) is 3.30. The third-order valence-corrected chi connectivity index (χ3v) is 4.63. The summed E-state index contributed by atoms with van der Waals surface area (Å²) in [5, 5.41) is 0. The molecule has 1 unspecified atom stereocenters. The molecular formula is C17H28N2. The van der Waals surface area contributed by atoms with E-state index >= 15 is 0 Å². The average Bonchev–Trinajstić information content (AvgIpc) is 2.56. The molecule has 19 heavy (non-hydrogen) atoms. The molecule has 2 heteroatoms. The summed E-state index contributed by atoms with van der Waals surface area (Å²) >= 11 is 0. The van der Waals surface area contributed by atoms with E-state index in [0.717, 1.165) is 19.5 Å². The highest BCUT2D eigenvalue weighted by Crippen LogP contribution is 2.29. The first kappa shape index (κ1) is 14.5. The van der Waals surface area contributed by atoms with Crippen molar-refractivity contribution in [3.8, 4) is 0 Å². The number of hydrogen-bond acceptors (Lipinski definition) is 2. The topological polar surface area (TPSA) is 29.3 Å². The summed E-state index contributed by atoms with van der Waals surface area (Å²) in [6.07, 6.45) is 1.10. The van der Waals surface area contributed by atoms with E-state index in [0.29, 0.717) is 6.04 Å². The maximum absolute atomic E-state index is 6.20. The summed E-state index contributed by atoms with van der Waals surface area (Å²) in [6.45, 7) is 13.4. The lowest BCUT2D eigenvalue weighted by Gasteiger charge is -2.34. The van der Waals surface area contributed by atoms with Gasteiger partial charge in [-0.15, -0.1) is 0 Å². The minimum absolute atomic E-state index is 0.114. The molecule has 1 heterocycles. The van der Waals surface area contributed by atoms with Crippen molar-refractivity contribution >= 4 is 0 Å². The monoisotopic (exact) mass is 260 g/mol. The third kappa shape index (κ3) is 3.01. The summed E-state index contributed by atoms with van der Waals surface area (Å²) in [7, 11) is 0. The second-order valence-electron chi connectivity index (χ2n) is 7.42. The Morgan fingerprint density at radius 1 is 1.21 bits per heavy atom. The Bertz CT molecular complexity index is 426. The van der Waals surface area contributed by atoms with Crippen molar-refractivity contribution in [3.05, 3.63) is 35.4 Å². The van der Waals surface area contributed by atoms with Crippen molar-refractivity contribution in [2.24, 2.45) is 5.73 Å². The second-order valence-corrected chi connectivity index (χ2v) is 7.42. The van der Waals surface area contributed by atoms with Gasteiger partial charge in [0.2, 0.25) is 0 Å². The van der Waals surface area contributed by atoms with Crippen LogP contribution in [0.15, 0.2) is 24.3 Å². The van der Waals surface area contributed by atoms with Crippen molar-refractivity contribution in [1.82, 2.24) is 4.90 Å². The van der Waals surface area contributed by atoms with E-state index in [1.54, 1.807) is 0 Å². The Labute approximate surface area is 118 Å². The zero-order valence-electron chi connectivity index (χ0n) is 13.0. The van der Waals surface area contributed by atoms with Crippen LogP contribution in [-0.2, 0) is 12.0 Å². The van der Waals surface area contributed by atoms with Gasteiger partial charge in [0.25, 0.3) is 0 Å². The zero-order chi connectivity index (χ0) is 14.3. The molecule has 1 atom stereocenters. The Hall–Kier alpha value is -0.860. The van der Waals surface area contributed by atoms with Crippen molar-refractivity contribution in [2.75, 3.05) is 6.54 Å². The number of nitrogens with zero attached hydrogens (tertiary/aromatic N) is 1. The molecule has 0 amide bonds. The van der Waals surface area contributed by atoms with Crippen molar-refractivity contribution in [3.63, 3.8) is 0 Å².